The van der Waals surface area contributed by atoms with E-state index in [1.54, 1.807) is 0 Å². The number of alkyl halides is 1. The van der Waals surface area contributed by atoms with Crippen LogP contribution >= 0.6 is 67.8 Å². The molecule has 0 amide bonds. The van der Waals surface area contributed by atoms with Crippen molar-refractivity contribution in [2.75, 3.05) is 0 Å². The van der Waals surface area contributed by atoms with Crippen molar-refractivity contribution in [1.82, 2.24) is 20.6 Å². The van der Waals surface area contributed by atoms with E-state index < -0.39 is 0 Å². The minimum atomic E-state index is 0.228. The minimum Gasteiger partial charge on any atom is -0.242 e. The van der Waals surface area contributed by atoms with Gasteiger partial charge < -0.3 is 0 Å². The van der Waals surface area contributed by atoms with Crippen LogP contribution in [-0.2, 0) is 0 Å². The van der Waals surface area contributed by atoms with Crippen LogP contribution in [-0.4, -0.2) is 20.6 Å². The first-order valence-corrected chi connectivity index (χ1v) is 6.01. The van der Waals surface area contributed by atoms with Crippen molar-refractivity contribution in [2.45, 2.75) is 3.92 Å². The zero-order valence-electron chi connectivity index (χ0n) is 5.13. The quantitative estimate of drug-likeness (QED) is 0.515. The Kier molecular flexibility index (Phi) is 4.48. The highest BCUT2D eigenvalue weighted by molar-refractivity contribution is 14.2. The van der Waals surface area contributed by atoms with Gasteiger partial charge in [-0.05, 0) is 61.7 Å². The van der Waals surface area contributed by atoms with E-state index in [0.717, 1.165) is 5.82 Å². The lowest BCUT2D eigenvalue weighted by Gasteiger charge is -1.95. The van der Waals surface area contributed by atoms with E-state index in [2.05, 4.69) is 94.5 Å². The van der Waals surface area contributed by atoms with Gasteiger partial charge in [0.2, 0.25) is 0 Å². The second-order valence-corrected chi connectivity index (χ2v) is 7.38. The number of nitrogens with one attached hydrogen (secondary N) is 1. The van der Waals surface area contributed by atoms with E-state index >= 15 is 0 Å². The Bertz CT molecular complexity index is 240. The van der Waals surface area contributed by atoms with Crippen LogP contribution in [0.3, 0.4) is 0 Å². The summed E-state index contributed by atoms with van der Waals surface area (Å²) in [7, 11) is 0. The van der Waals surface area contributed by atoms with Crippen molar-refractivity contribution in [3.05, 3.63) is 13.5 Å². The first-order valence-electron chi connectivity index (χ1n) is 2.60. The second kappa shape index (κ2) is 4.89. The molecule has 1 heterocycles. The maximum atomic E-state index is 3.79. The van der Waals surface area contributed by atoms with Crippen LogP contribution in [0.1, 0.15) is 9.75 Å². The van der Waals surface area contributed by atoms with E-state index in [-0.39, 0.29) is 3.92 Å². The van der Waals surface area contributed by atoms with Crippen LogP contribution in [0.2, 0.25) is 0 Å². The molecule has 0 aliphatic rings. The molecule has 60 valence electrons. The summed E-state index contributed by atoms with van der Waals surface area (Å²) >= 11 is 6.75. The molecule has 0 radical (unpaired) electrons. The number of aromatic amines is 1. The molecule has 1 N–H and O–H groups in total. The molecule has 4 nitrogen and oxygen atoms in total. The Morgan fingerprint density at radius 3 is 2.73 bits per heavy atom. The van der Waals surface area contributed by atoms with Gasteiger partial charge in [-0.2, -0.15) is 0 Å². The number of nitrogens with zero attached hydrogens (tertiary/aromatic N) is 3. The molecule has 1 rings (SSSR count). The second-order valence-electron chi connectivity index (χ2n) is 1.64. The van der Waals surface area contributed by atoms with Gasteiger partial charge in [-0.3, -0.25) is 0 Å². The first-order chi connectivity index (χ1) is 5.20. The highest BCUT2D eigenvalue weighted by Crippen LogP contribution is 2.26. The molecule has 0 saturated carbocycles. The zero-order valence-corrected chi connectivity index (χ0v) is 11.6. The molecular weight excluding hydrogens is 485 g/mol. The fourth-order valence-corrected chi connectivity index (χ4v) is 3.19. The van der Waals surface area contributed by atoms with Crippen molar-refractivity contribution in [2.24, 2.45) is 0 Å². The lowest BCUT2D eigenvalue weighted by atomic mass is 10.4. The Balaban J connectivity index is 2.71. The van der Waals surface area contributed by atoms with Crippen molar-refractivity contribution >= 4 is 67.8 Å². The summed E-state index contributed by atoms with van der Waals surface area (Å²) in [4.78, 5) is 0. The predicted octanol–water partition coefficient (Wildman–Crippen LogP) is 2.39. The van der Waals surface area contributed by atoms with Crippen LogP contribution in [0.25, 0.3) is 0 Å². The summed E-state index contributed by atoms with van der Waals surface area (Å²) in [5.74, 6) is 0.788. The molecule has 1 aromatic rings. The lowest BCUT2D eigenvalue weighted by Crippen LogP contribution is -1.88. The summed E-state index contributed by atoms with van der Waals surface area (Å²) < 4.78 is 1.43. The third kappa shape index (κ3) is 3.48. The fraction of sp³-hybridized carbons (Fsp3) is 0.250. The van der Waals surface area contributed by atoms with Gasteiger partial charge in [0.25, 0.3) is 0 Å². The molecule has 1 unspecified atom stereocenters. The lowest BCUT2D eigenvalue weighted by molar-refractivity contribution is 0.881. The van der Waals surface area contributed by atoms with Crippen LogP contribution < -0.4 is 0 Å². The Labute approximate surface area is 104 Å². The van der Waals surface area contributed by atoms with E-state index in [9.17, 15) is 0 Å². The molecule has 11 heavy (non-hydrogen) atoms. The molecular formula is C4H3I3N4. The normalized spacial score (nSPS) is 12.6. The molecule has 0 fully saturated rings. The summed E-state index contributed by atoms with van der Waals surface area (Å²) in [6.07, 6.45) is 2.07. The average molecular weight is 488 g/mol. The Morgan fingerprint density at radius 2 is 2.27 bits per heavy atom. The van der Waals surface area contributed by atoms with Gasteiger partial charge in [0.15, 0.2) is 5.82 Å². The van der Waals surface area contributed by atoms with Crippen molar-refractivity contribution in [1.29, 1.82) is 0 Å². The summed E-state index contributed by atoms with van der Waals surface area (Å²) in [6.45, 7) is 0. The highest BCUT2D eigenvalue weighted by Gasteiger charge is 2.07. The number of hydrogen-bond donors (Lipinski definition) is 1. The van der Waals surface area contributed by atoms with Gasteiger partial charge in [-0.25, -0.2) is 5.10 Å². The average Bonchev–Trinajstić information content (AvgIpc) is 2.35. The van der Waals surface area contributed by atoms with Gasteiger partial charge in [0, 0.05) is 1.59 Å². The molecule has 0 aromatic carbocycles. The SMILES string of the molecule is IC(I)=CC(I)c1nnn[nH]1. The van der Waals surface area contributed by atoms with Gasteiger partial charge in [0.1, 0.15) is 0 Å². The van der Waals surface area contributed by atoms with Crippen molar-refractivity contribution in [3.63, 3.8) is 0 Å². The largest absolute Gasteiger partial charge is 0.242 e. The summed E-state index contributed by atoms with van der Waals surface area (Å²) in [5.41, 5.74) is 0. The Morgan fingerprint density at radius 1 is 1.55 bits per heavy atom. The van der Waals surface area contributed by atoms with E-state index in [4.69, 9.17) is 0 Å². The van der Waals surface area contributed by atoms with Gasteiger partial charge in [-0.1, -0.05) is 22.6 Å². The Hall–Kier alpha value is 1.00. The molecule has 0 aliphatic carbocycles. The van der Waals surface area contributed by atoms with Crippen LogP contribution in [0, 0.1) is 0 Å². The molecule has 0 spiro atoms. The van der Waals surface area contributed by atoms with E-state index in [0.29, 0.717) is 0 Å². The third-order valence-corrected chi connectivity index (χ3v) is 2.56. The van der Waals surface area contributed by atoms with Gasteiger partial charge >= 0.3 is 0 Å². The maximum Gasteiger partial charge on any atom is 0.165 e. The van der Waals surface area contributed by atoms with Crippen molar-refractivity contribution < 1.29 is 0 Å². The molecule has 0 bridgehead atoms. The van der Waals surface area contributed by atoms with E-state index in [1.165, 1.54) is 1.59 Å². The number of allylic oxidation sites excluding steroid dienone is 1. The van der Waals surface area contributed by atoms with Crippen molar-refractivity contribution in [3.8, 4) is 0 Å². The number of H-pyrrole nitrogens is 1. The maximum absolute atomic E-state index is 3.79. The predicted molar refractivity (Wildman–Crippen MR) is 67.1 cm³/mol. The van der Waals surface area contributed by atoms with E-state index in [1.807, 2.05) is 0 Å². The number of halogens is 3. The summed E-state index contributed by atoms with van der Waals surface area (Å²) in [6, 6.07) is 0. The van der Waals surface area contributed by atoms with Crippen LogP contribution in [0.5, 0.6) is 0 Å². The van der Waals surface area contributed by atoms with Crippen LogP contribution in [0.4, 0.5) is 0 Å². The fourth-order valence-electron chi connectivity index (χ4n) is 0.473. The third-order valence-electron chi connectivity index (χ3n) is 0.895. The standard InChI is InChI=1S/C4H3I3N4/c5-2(1-3(6)7)4-8-10-11-9-4/h1-2H,(H,8,9,10,11). The smallest absolute Gasteiger partial charge is 0.165 e. The highest BCUT2D eigenvalue weighted by atomic mass is 127. The minimum absolute atomic E-state index is 0.228. The monoisotopic (exact) mass is 488 g/mol. The summed E-state index contributed by atoms with van der Waals surface area (Å²) in [5, 5.41) is 13.5. The number of tetrazole rings is 1. The number of rotatable bonds is 2. The first kappa shape index (κ1) is 10.1. The molecule has 7 heteroatoms. The number of aromatic nitrogens is 4. The number of hydrogen-bond acceptors (Lipinski definition) is 3. The molecule has 0 aliphatic heterocycles. The van der Waals surface area contributed by atoms with Gasteiger partial charge in [-0.15, -0.1) is 5.10 Å². The van der Waals surface area contributed by atoms with Crippen LogP contribution in [0.15, 0.2) is 7.66 Å². The zero-order chi connectivity index (χ0) is 8.27. The topological polar surface area (TPSA) is 54.5 Å². The molecule has 0 saturated heterocycles. The molecule has 1 atom stereocenters. The van der Waals surface area contributed by atoms with Gasteiger partial charge in [0.05, 0.1) is 3.92 Å². The molecule has 1 aromatic heterocycles.